The van der Waals surface area contributed by atoms with Gasteiger partial charge in [0.15, 0.2) is 0 Å². The van der Waals surface area contributed by atoms with Crippen LogP contribution < -0.4 is 10.6 Å². The summed E-state index contributed by atoms with van der Waals surface area (Å²) in [5.74, 6) is 0.216. The number of carbonyl (C=O) groups excluding carboxylic acids is 2. The second-order valence-electron chi connectivity index (χ2n) is 5.63. The lowest BCUT2D eigenvalue weighted by Gasteiger charge is -2.26. The molecular formula is C15H29N3O2. The number of rotatable bonds is 8. The maximum Gasteiger partial charge on any atom is 0.234 e. The van der Waals surface area contributed by atoms with E-state index in [-0.39, 0.29) is 17.9 Å². The van der Waals surface area contributed by atoms with E-state index in [4.69, 9.17) is 0 Å². The largest absolute Gasteiger partial charge is 0.353 e. The number of nitrogens with one attached hydrogen (secondary N) is 2. The normalized spacial score (nSPS) is 16.8. The minimum absolute atomic E-state index is 0.0105. The number of hydrogen-bond donors (Lipinski definition) is 2. The van der Waals surface area contributed by atoms with Gasteiger partial charge in [-0.2, -0.15) is 0 Å². The Morgan fingerprint density at radius 2 is 1.90 bits per heavy atom. The van der Waals surface area contributed by atoms with Gasteiger partial charge in [-0.3, -0.25) is 9.59 Å². The van der Waals surface area contributed by atoms with E-state index in [1.165, 1.54) is 6.42 Å². The van der Waals surface area contributed by atoms with Crippen LogP contribution in [0, 0.1) is 0 Å². The van der Waals surface area contributed by atoms with Gasteiger partial charge in [0.2, 0.25) is 11.8 Å². The zero-order chi connectivity index (χ0) is 14.8. The molecule has 5 heteroatoms. The van der Waals surface area contributed by atoms with E-state index in [1.807, 2.05) is 11.8 Å². The van der Waals surface area contributed by atoms with Crippen LogP contribution in [0.1, 0.15) is 52.4 Å². The van der Waals surface area contributed by atoms with Crippen LogP contribution in [0.15, 0.2) is 0 Å². The third-order valence-electron chi connectivity index (χ3n) is 3.64. The molecule has 20 heavy (non-hydrogen) atoms. The topological polar surface area (TPSA) is 61.4 Å². The van der Waals surface area contributed by atoms with Crippen molar-refractivity contribution in [2.45, 2.75) is 58.4 Å². The van der Waals surface area contributed by atoms with E-state index in [1.54, 1.807) is 0 Å². The van der Waals surface area contributed by atoms with Crippen LogP contribution in [0.4, 0.5) is 0 Å². The maximum absolute atomic E-state index is 11.9. The van der Waals surface area contributed by atoms with E-state index in [9.17, 15) is 9.59 Å². The van der Waals surface area contributed by atoms with E-state index in [0.717, 1.165) is 38.8 Å². The van der Waals surface area contributed by atoms with Crippen LogP contribution in [-0.4, -0.2) is 48.9 Å². The molecular weight excluding hydrogens is 254 g/mol. The predicted molar refractivity (Wildman–Crippen MR) is 80.4 cm³/mol. The van der Waals surface area contributed by atoms with Crippen molar-refractivity contribution in [3.63, 3.8) is 0 Å². The Labute approximate surface area is 122 Å². The average Bonchev–Trinajstić information content (AvgIpc) is 2.44. The van der Waals surface area contributed by atoms with Crippen LogP contribution in [0.2, 0.25) is 0 Å². The maximum atomic E-state index is 11.9. The molecule has 1 aliphatic heterocycles. The summed E-state index contributed by atoms with van der Waals surface area (Å²) in [7, 11) is 0. The first-order valence-corrected chi connectivity index (χ1v) is 7.91. The molecule has 0 spiro atoms. The molecule has 2 amide bonds. The van der Waals surface area contributed by atoms with Crippen LogP contribution in [0.3, 0.4) is 0 Å². The van der Waals surface area contributed by atoms with Crippen LogP contribution in [0.5, 0.6) is 0 Å². The summed E-state index contributed by atoms with van der Waals surface area (Å²) >= 11 is 0. The molecule has 5 nitrogen and oxygen atoms in total. The summed E-state index contributed by atoms with van der Waals surface area (Å²) < 4.78 is 0. The highest BCUT2D eigenvalue weighted by molar-refractivity contribution is 5.78. The number of amides is 2. The third-order valence-corrected chi connectivity index (χ3v) is 3.64. The quantitative estimate of drug-likeness (QED) is 0.660. The van der Waals surface area contributed by atoms with Crippen molar-refractivity contribution in [2.24, 2.45) is 0 Å². The monoisotopic (exact) mass is 283 g/mol. The zero-order valence-electron chi connectivity index (χ0n) is 12.9. The van der Waals surface area contributed by atoms with Gasteiger partial charge < -0.3 is 15.5 Å². The molecule has 1 rings (SSSR count). The first-order valence-electron chi connectivity index (χ1n) is 7.91. The first kappa shape index (κ1) is 17.0. The minimum Gasteiger partial charge on any atom is -0.353 e. The molecule has 1 saturated heterocycles. The lowest BCUT2D eigenvalue weighted by molar-refractivity contribution is -0.132. The van der Waals surface area contributed by atoms with Crippen LogP contribution in [-0.2, 0) is 9.59 Å². The molecule has 2 N–H and O–H groups in total. The van der Waals surface area contributed by atoms with E-state index in [2.05, 4.69) is 17.6 Å². The Hall–Kier alpha value is -1.10. The number of hydrogen-bond acceptors (Lipinski definition) is 3. The van der Waals surface area contributed by atoms with Crippen molar-refractivity contribution in [1.29, 1.82) is 0 Å². The third kappa shape index (κ3) is 6.89. The number of nitrogens with zero attached hydrogens (tertiary/aromatic N) is 1. The Kier molecular flexibility index (Phi) is 8.26. The fraction of sp³-hybridized carbons (Fsp3) is 0.867. The molecule has 1 heterocycles. The van der Waals surface area contributed by atoms with Crippen molar-refractivity contribution >= 4 is 11.8 Å². The van der Waals surface area contributed by atoms with Gasteiger partial charge in [-0.1, -0.05) is 13.3 Å². The molecule has 0 radical (unpaired) electrons. The van der Waals surface area contributed by atoms with Crippen molar-refractivity contribution in [3.8, 4) is 0 Å². The number of carbonyl (C=O) groups is 2. The van der Waals surface area contributed by atoms with Crippen molar-refractivity contribution in [1.82, 2.24) is 15.5 Å². The molecule has 0 aromatic carbocycles. The second-order valence-corrected chi connectivity index (χ2v) is 5.63. The van der Waals surface area contributed by atoms with Gasteiger partial charge >= 0.3 is 0 Å². The molecule has 0 aliphatic carbocycles. The van der Waals surface area contributed by atoms with Crippen LogP contribution in [0.25, 0.3) is 0 Å². The van der Waals surface area contributed by atoms with Crippen molar-refractivity contribution < 1.29 is 9.59 Å². The molecule has 1 atom stereocenters. The summed E-state index contributed by atoms with van der Waals surface area (Å²) in [5, 5.41) is 5.98. The van der Waals surface area contributed by atoms with Gasteiger partial charge in [0.25, 0.3) is 0 Å². The Morgan fingerprint density at radius 1 is 1.20 bits per heavy atom. The SMILES string of the molecule is CCCC(C)NC(=O)CNCCC(=O)N1CCCCC1. The first-order chi connectivity index (χ1) is 9.63. The summed E-state index contributed by atoms with van der Waals surface area (Å²) in [4.78, 5) is 25.4. The zero-order valence-corrected chi connectivity index (χ0v) is 12.9. The molecule has 1 fully saturated rings. The fourth-order valence-corrected chi connectivity index (χ4v) is 2.53. The molecule has 0 aromatic rings. The summed E-state index contributed by atoms with van der Waals surface area (Å²) in [6.07, 6.45) is 6.03. The lowest BCUT2D eigenvalue weighted by atomic mass is 10.1. The Morgan fingerprint density at radius 3 is 2.55 bits per heavy atom. The van der Waals surface area contributed by atoms with Gasteiger partial charge in [-0.25, -0.2) is 0 Å². The summed E-state index contributed by atoms with van der Waals surface area (Å²) in [6.45, 7) is 6.78. The lowest BCUT2D eigenvalue weighted by Crippen LogP contribution is -2.41. The minimum atomic E-state index is 0.0105. The Bertz CT molecular complexity index is 301. The fourth-order valence-electron chi connectivity index (χ4n) is 2.53. The van der Waals surface area contributed by atoms with Crippen molar-refractivity contribution in [3.05, 3.63) is 0 Å². The highest BCUT2D eigenvalue weighted by Gasteiger charge is 2.15. The molecule has 0 aromatic heterocycles. The Balaban J connectivity index is 2.05. The summed E-state index contributed by atoms with van der Waals surface area (Å²) in [6, 6.07) is 0.226. The van der Waals surface area contributed by atoms with Gasteiger partial charge in [0.1, 0.15) is 0 Å². The van der Waals surface area contributed by atoms with Crippen molar-refractivity contribution in [2.75, 3.05) is 26.2 Å². The van der Waals surface area contributed by atoms with E-state index < -0.39 is 0 Å². The standard InChI is InChI=1S/C15H29N3O2/c1-3-7-13(2)17-14(19)12-16-9-8-15(20)18-10-5-4-6-11-18/h13,16H,3-12H2,1-2H3,(H,17,19). The van der Waals surface area contributed by atoms with Gasteiger partial charge in [0, 0.05) is 32.1 Å². The van der Waals surface area contributed by atoms with Crippen LogP contribution >= 0.6 is 0 Å². The van der Waals surface area contributed by atoms with E-state index in [0.29, 0.717) is 19.5 Å². The van der Waals surface area contributed by atoms with Gasteiger partial charge in [-0.15, -0.1) is 0 Å². The van der Waals surface area contributed by atoms with Gasteiger partial charge in [-0.05, 0) is 32.6 Å². The molecule has 0 saturated carbocycles. The number of piperidine rings is 1. The summed E-state index contributed by atoms with van der Waals surface area (Å²) in [5.41, 5.74) is 0. The molecule has 1 aliphatic rings. The number of likely N-dealkylation sites (tertiary alicyclic amines) is 1. The highest BCUT2D eigenvalue weighted by atomic mass is 16.2. The second kappa shape index (κ2) is 9.75. The average molecular weight is 283 g/mol. The van der Waals surface area contributed by atoms with E-state index >= 15 is 0 Å². The molecule has 116 valence electrons. The highest BCUT2D eigenvalue weighted by Crippen LogP contribution is 2.09. The molecule has 0 bridgehead atoms. The predicted octanol–water partition coefficient (Wildman–Crippen LogP) is 1.28. The van der Waals surface area contributed by atoms with Gasteiger partial charge in [0.05, 0.1) is 6.54 Å². The smallest absolute Gasteiger partial charge is 0.234 e. The molecule has 1 unspecified atom stereocenters.